The van der Waals surface area contributed by atoms with E-state index in [0.717, 1.165) is 24.2 Å². The first-order valence-electron chi connectivity index (χ1n) is 9.92. The van der Waals surface area contributed by atoms with Crippen LogP contribution in [0.3, 0.4) is 0 Å². The third-order valence-electron chi connectivity index (χ3n) is 5.12. The quantitative estimate of drug-likeness (QED) is 0.699. The maximum absolute atomic E-state index is 6.30. The van der Waals surface area contributed by atoms with Gasteiger partial charge in [-0.1, -0.05) is 36.4 Å². The second-order valence-electron chi connectivity index (χ2n) is 7.84. The topological polar surface area (TPSA) is 50.1 Å². The highest BCUT2D eigenvalue weighted by molar-refractivity contribution is 5.43. The van der Waals surface area contributed by atoms with E-state index in [-0.39, 0.29) is 24.4 Å². The Morgan fingerprint density at radius 1 is 1.14 bits per heavy atom. The fourth-order valence-electron chi connectivity index (χ4n) is 3.76. The molecule has 0 amide bonds. The summed E-state index contributed by atoms with van der Waals surface area (Å²) in [5.74, 6) is 0.297. The Kier molecular flexibility index (Phi) is 5.97. The Labute approximate surface area is 166 Å². The molecule has 0 N–H and O–H groups in total. The number of rotatable bonds is 7. The second-order valence-corrected chi connectivity index (χ2v) is 7.84. The van der Waals surface area contributed by atoms with Crippen LogP contribution >= 0.6 is 0 Å². The summed E-state index contributed by atoms with van der Waals surface area (Å²) in [6.07, 6.45) is 7.24. The molecule has 5 nitrogen and oxygen atoms in total. The Morgan fingerprint density at radius 2 is 2.00 bits per heavy atom. The average molecular weight is 384 g/mol. The van der Waals surface area contributed by atoms with E-state index >= 15 is 0 Å². The summed E-state index contributed by atoms with van der Waals surface area (Å²) in [7, 11) is 0. The van der Waals surface area contributed by atoms with Crippen LogP contribution in [0.4, 0.5) is 0 Å². The van der Waals surface area contributed by atoms with Gasteiger partial charge in [-0.15, -0.1) is 0 Å². The zero-order valence-corrected chi connectivity index (χ0v) is 16.5. The van der Waals surface area contributed by atoms with Gasteiger partial charge in [-0.3, -0.25) is 0 Å². The number of hydrogen-bond donors (Lipinski definition) is 0. The maximum atomic E-state index is 6.30. The molecule has 2 aliphatic rings. The highest BCUT2D eigenvalue weighted by Crippen LogP contribution is 2.32. The fraction of sp³-hybridized carbons (Fsp3) is 0.478. The van der Waals surface area contributed by atoms with E-state index < -0.39 is 5.79 Å². The molecule has 0 aliphatic carbocycles. The molecule has 2 saturated heterocycles. The molecule has 0 saturated carbocycles. The largest absolute Gasteiger partial charge is 0.465 e. The summed E-state index contributed by atoms with van der Waals surface area (Å²) in [6, 6.07) is 14.0. The minimum Gasteiger partial charge on any atom is -0.465 e. The van der Waals surface area contributed by atoms with Crippen molar-refractivity contribution in [3.8, 4) is 0 Å². The first-order chi connectivity index (χ1) is 13.6. The van der Waals surface area contributed by atoms with Gasteiger partial charge in [0, 0.05) is 12.8 Å². The standard InChI is InChI=1S/C23H28O5/c1-23(2)26-16-20(28-23)14-22-21(25-15-17-7-4-3-5-8-17)13-19(27-22)11-10-18-9-6-12-24-18/h3-12,19-22H,13-16H2,1-2H3/b11-10+/t19-,20+,21+,22+/m0/s1. The summed E-state index contributed by atoms with van der Waals surface area (Å²) in [4.78, 5) is 0. The molecule has 0 bridgehead atoms. The molecule has 3 heterocycles. The number of benzene rings is 1. The van der Waals surface area contributed by atoms with E-state index in [9.17, 15) is 0 Å². The van der Waals surface area contributed by atoms with Gasteiger partial charge < -0.3 is 23.4 Å². The van der Waals surface area contributed by atoms with Crippen LogP contribution < -0.4 is 0 Å². The van der Waals surface area contributed by atoms with Crippen LogP contribution in [0.15, 0.2) is 59.2 Å². The van der Waals surface area contributed by atoms with Crippen molar-refractivity contribution in [3.05, 3.63) is 66.1 Å². The first kappa shape index (κ1) is 19.4. The van der Waals surface area contributed by atoms with Gasteiger partial charge in [0.05, 0.1) is 43.9 Å². The Hall–Kier alpha value is -1.92. The lowest BCUT2D eigenvalue weighted by molar-refractivity contribution is -0.144. The lowest BCUT2D eigenvalue weighted by Crippen LogP contribution is -2.30. The molecule has 150 valence electrons. The molecule has 0 unspecified atom stereocenters. The van der Waals surface area contributed by atoms with E-state index in [1.165, 1.54) is 0 Å². The lowest BCUT2D eigenvalue weighted by atomic mass is 10.0. The Morgan fingerprint density at radius 3 is 2.71 bits per heavy atom. The fourth-order valence-corrected chi connectivity index (χ4v) is 3.76. The van der Waals surface area contributed by atoms with Crippen molar-refractivity contribution in [2.75, 3.05) is 6.61 Å². The summed E-state index contributed by atoms with van der Waals surface area (Å²) >= 11 is 0. The molecule has 2 aromatic rings. The van der Waals surface area contributed by atoms with Gasteiger partial charge in [0.25, 0.3) is 0 Å². The van der Waals surface area contributed by atoms with Crippen LogP contribution in [0.25, 0.3) is 6.08 Å². The van der Waals surface area contributed by atoms with E-state index in [2.05, 4.69) is 12.1 Å². The van der Waals surface area contributed by atoms with Crippen molar-refractivity contribution >= 4 is 6.08 Å². The van der Waals surface area contributed by atoms with Crippen molar-refractivity contribution in [2.45, 2.75) is 63.5 Å². The van der Waals surface area contributed by atoms with Gasteiger partial charge >= 0.3 is 0 Å². The zero-order chi connectivity index (χ0) is 19.4. The van der Waals surface area contributed by atoms with Crippen LogP contribution in [0, 0.1) is 0 Å². The van der Waals surface area contributed by atoms with Crippen molar-refractivity contribution in [2.24, 2.45) is 0 Å². The average Bonchev–Trinajstić information content (AvgIpc) is 3.40. The smallest absolute Gasteiger partial charge is 0.163 e. The molecule has 4 atom stereocenters. The van der Waals surface area contributed by atoms with E-state index in [0.29, 0.717) is 13.2 Å². The summed E-state index contributed by atoms with van der Waals surface area (Å²) < 4.78 is 29.6. The third-order valence-corrected chi connectivity index (χ3v) is 5.12. The van der Waals surface area contributed by atoms with Gasteiger partial charge in [0.1, 0.15) is 5.76 Å². The summed E-state index contributed by atoms with van der Waals surface area (Å²) in [5.41, 5.74) is 1.16. The summed E-state index contributed by atoms with van der Waals surface area (Å²) in [5, 5.41) is 0. The van der Waals surface area contributed by atoms with E-state index in [1.807, 2.05) is 56.3 Å². The van der Waals surface area contributed by atoms with Crippen molar-refractivity contribution < 1.29 is 23.4 Å². The third kappa shape index (κ3) is 5.11. The molecular weight excluding hydrogens is 356 g/mol. The summed E-state index contributed by atoms with van der Waals surface area (Å²) in [6.45, 7) is 5.06. The molecule has 0 spiro atoms. The van der Waals surface area contributed by atoms with Crippen molar-refractivity contribution in [1.29, 1.82) is 0 Å². The SMILES string of the molecule is CC1(C)OC[C@@H](C[C@H]2O[C@@H](/C=C/c3ccco3)C[C@H]2OCc2ccccc2)O1. The Balaban J connectivity index is 1.39. The molecular formula is C23H28O5. The van der Waals surface area contributed by atoms with Crippen LogP contribution in [0.2, 0.25) is 0 Å². The first-order valence-corrected chi connectivity index (χ1v) is 9.92. The highest BCUT2D eigenvalue weighted by atomic mass is 16.7. The number of furan rings is 1. The number of hydrogen-bond acceptors (Lipinski definition) is 5. The van der Waals surface area contributed by atoms with Crippen LogP contribution in [0.5, 0.6) is 0 Å². The van der Waals surface area contributed by atoms with Gasteiger partial charge in [-0.2, -0.15) is 0 Å². The second kappa shape index (κ2) is 8.62. The molecule has 1 aromatic carbocycles. The molecule has 1 aromatic heterocycles. The predicted molar refractivity (Wildman–Crippen MR) is 106 cm³/mol. The van der Waals surface area contributed by atoms with E-state index in [4.69, 9.17) is 23.4 Å². The minimum absolute atomic E-state index is 0.00814. The van der Waals surface area contributed by atoms with Gasteiger partial charge in [0.2, 0.25) is 0 Å². The normalized spacial score (nSPS) is 29.6. The van der Waals surface area contributed by atoms with Gasteiger partial charge in [0.15, 0.2) is 5.79 Å². The predicted octanol–water partition coefficient (Wildman–Crippen LogP) is 4.58. The van der Waals surface area contributed by atoms with Gasteiger partial charge in [-0.05, 0) is 37.6 Å². The zero-order valence-electron chi connectivity index (χ0n) is 16.5. The molecule has 2 fully saturated rings. The molecule has 0 radical (unpaired) electrons. The van der Waals surface area contributed by atoms with Crippen LogP contribution in [0.1, 0.15) is 38.0 Å². The van der Waals surface area contributed by atoms with Crippen molar-refractivity contribution in [3.63, 3.8) is 0 Å². The van der Waals surface area contributed by atoms with Crippen LogP contribution in [-0.2, 0) is 25.6 Å². The molecule has 2 aliphatic heterocycles. The van der Waals surface area contributed by atoms with E-state index in [1.54, 1.807) is 6.26 Å². The lowest BCUT2D eigenvalue weighted by Gasteiger charge is -2.22. The molecule has 4 rings (SSSR count). The number of ether oxygens (including phenoxy) is 4. The van der Waals surface area contributed by atoms with Crippen LogP contribution in [-0.4, -0.2) is 36.8 Å². The maximum Gasteiger partial charge on any atom is 0.163 e. The molecule has 28 heavy (non-hydrogen) atoms. The monoisotopic (exact) mass is 384 g/mol. The van der Waals surface area contributed by atoms with Gasteiger partial charge in [-0.25, -0.2) is 0 Å². The Bertz CT molecular complexity index is 753. The molecule has 5 heteroatoms. The van der Waals surface area contributed by atoms with Crippen molar-refractivity contribution in [1.82, 2.24) is 0 Å². The highest BCUT2D eigenvalue weighted by Gasteiger charge is 2.40. The minimum atomic E-state index is -0.526.